The van der Waals surface area contributed by atoms with Gasteiger partial charge in [-0.3, -0.25) is 4.98 Å². The van der Waals surface area contributed by atoms with Crippen LogP contribution in [0.1, 0.15) is 45.9 Å². The number of carboxylic acid groups (broad SMARTS) is 1. The van der Waals surface area contributed by atoms with E-state index in [1.165, 1.54) is 0 Å². The summed E-state index contributed by atoms with van der Waals surface area (Å²) in [6.07, 6.45) is 6.44. The average molecular weight is 398 g/mol. The normalized spacial score (nSPS) is 13.6. The lowest BCUT2D eigenvalue weighted by molar-refractivity contribution is 0.0695. The number of aryl methyl sites for hydroxylation is 1. The number of aromatic nitrogens is 2. The van der Waals surface area contributed by atoms with Gasteiger partial charge < -0.3 is 14.8 Å². The topological polar surface area (TPSA) is 75.4 Å². The van der Waals surface area contributed by atoms with Gasteiger partial charge in [0.15, 0.2) is 0 Å². The zero-order chi connectivity index (χ0) is 20.8. The molecule has 2 N–H and O–H groups in total. The van der Waals surface area contributed by atoms with Crippen LogP contribution in [-0.2, 0) is 13.5 Å². The molecule has 2 aromatic heterocycles. The summed E-state index contributed by atoms with van der Waals surface area (Å²) in [6, 6.07) is 15.2. The van der Waals surface area contributed by atoms with Gasteiger partial charge in [0, 0.05) is 42.4 Å². The van der Waals surface area contributed by atoms with E-state index in [2.05, 4.69) is 11.1 Å². The van der Waals surface area contributed by atoms with E-state index in [-0.39, 0.29) is 11.3 Å². The lowest BCUT2D eigenvalue weighted by Crippen LogP contribution is -2.07. The summed E-state index contributed by atoms with van der Waals surface area (Å²) in [4.78, 5) is 16.4. The smallest absolute Gasteiger partial charge is 0.337 e. The summed E-state index contributed by atoms with van der Waals surface area (Å²) < 4.78 is 2.03. The van der Waals surface area contributed by atoms with Crippen molar-refractivity contribution in [2.45, 2.75) is 25.2 Å². The fourth-order valence-electron chi connectivity index (χ4n) is 4.18. The van der Waals surface area contributed by atoms with Gasteiger partial charge >= 0.3 is 5.97 Å². The number of carbonyl (C=O) groups is 1. The maximum absolute atomic E-state index is 11.9. The molecule has 0 radical (unpaired) electrons. The Morgan fingerprint density at radius 3 is 2.67 bits per heavy atom. The number of fused-ring (bicyclic) bond motifs is 1. The predicted octanol–water partition coefficient (Wildman–Crippen LogP) is 5.11. The van der Waals surface area contributed by atoms with Crippen LogP contribution < -0.4 is 0 Å². The van der Waals surface area contributed by atoms with E-state index in [0.29, 0.717) is 18.0 Å². The summed E-state index contributed by atoms with van der Waals surface area (Å²) in [5.74, 6) is -0.269. The van der Waals surface area contributed by atoms with E-state index >= 15 is 0 Å². The molecule has 2 aromatic carbocycles. The number of phenolic OH excluding ortho intramolecular Hbond substituents is 1. The van der Waals surface area contributed by atoms with Crippen LogP contribution in [0, 0.1) is 0 Å². The molecular weight excluding hydrogens is 376 g/mol. The SMILES string of the molecule is Cn1ccc2cc(Cc3ncc(C4CC4)cc3C(=O)O)cc(-c3ccccc3O)c21. The largest absolute Gasteiger partial charge is 0.507 e. The molecule has 1 aliphatic rings. The standard InChI is InChI=1S/C25H22N2O3/c1-27-9-8-17-10-15(11-20(24(17)27)19-4-2-3-5-23(19)28)12-22-21(25(29)30)13-18(14-26-22)16-6-7-16/h2-5,8-11,13-14,16,28H,6-7,12H2,1H3,(H,29,30). The highest BCUT2D eigenvalue weighted by atomic mass is 16.4. The van der Waals surface area contributed by atoms with Crippen LogP contribution in [0.15, 0.2) is 60.9 Å². The number of rotatable bonds is 5. The summed E-state index contributed by atoms with van der Waals surface area (Å²) >= 11 is 0. The first kappa shape index (κ1) is 18.4. The van der Waals surface area contributed by atoms with E-state index in [9.17, 15) is 15.0 Å². The van der Waals surface area contributed by atoms with E-state index in [4.69, 9.17) is 0 Å². The lowest BCUT2D eigenvalue weighted by atomic mass is 9.96. The third kappa shape index (κ3) is 3.22. The van der Waals surface area contributed by atoms with Gasteiger partial charge in [-0.2, -0.15) is 0 Å². The van der Waals surface area contributed by atoms with Gasteiger partial charge in [-0.15, -0.1) is 0 Å². The zero-order valence-electron chi connectivity index (χ0n) is 16.7. The summed E-state index contributed by atoms with van der Waals surface area (Å²) in [5, 5.41) is 21.2. The van der Waals surface area contributed by atoms with Crippen LogP contribution in [0.3, 0.4) is 0 Å². The second-order valence-electron chi connectivity index (χ2n) is 8.04. The number of phenols is 1. The quantitative estimate of drug-likeness (QED) is 0.490. The number of aromatic carboxylic acids is 1. The van der Waals surface area contributed by atoms with Gasteiger partial charge in [0.05, 0.1) is 16.8 Å². The minimum Gasteiger partial charge on any atom is -0.507 e. The van der Waals surface area contributed by atoms with Crippen molar-refractivity contribution in [1.82, 2.24) is 9.55 Å². The molecule has 0 aliphatic heterocycles. The van der Waals surface area contributed by atoms with Gasteiger partial charge in [0.1, 0.15) is 5.75 Å². The Morgan fingerprint density at radius 2 is 1.93 bits per heavy atom. The Hall–Kier alpha value is -3.60. The molecule has 5 heteroatoms. The molecule has 1 fully saturated rings. The molecule has 0 amide bonds. The Labute approximate surface area is 174 Å². The van der Waals surface area contributed by atoms with Crippen LogP contribution in [-0.4, -0.2) is 25.7 Å². The highest BCUT2D eigenvalue weighted by Crippen LogP contribution is 2.40. The van der Waals surface area contributed by atoms with Crippen molar-refractivity contribution >= 4 is 16.9 Å². The van der Waals surface area contributed by atoms with Crippen LogP contribution in [0.4, 0.5) is 0 Å². The fraction of sp³-hybridized carbons (Fsp3) is 0.200. The third-order valence-corrected chi connectivity index (χ3v) is 5.87. The summed E-state index contributed by atoms with van der Waals surface area (Å²) in [7, 11) is 1.98. The Kier molecular flexibility index (Phi) is 4.31. The second-order valence-corrected chi connectivity index (χ2v) is 8.04. The molecule has 1 saturated carbocycles. The van der Waals surface area contributed by atoms with Crippen molar-refractivity contribution in [3.63, 3.8) is 0 Å². The Bertz CT molecular complexity index is 1290. The second kappa shape index (κ2) is 7.02. The molecule has 0 bridgehead atoms. The third-order valence-electron chi connectivity index (χ3n) is 5.87. The number of hydrogen-bond donors (Lipinski definition) is 2. The molecule has 0 saturated heterocycles. The zero-order valence-corrected chi connectivity index (χ0v) is 16.7. The average Bonchev–Trinajstić information content (AvgIpc) is 3.51. The maximum Gasteiger partial charge on any atom is 0.337 e. The van der Waals surface area contributed by atoms with E-state index in [1.54, 1.807) is 18.2 Å². The van der Waals surface area contributed by atoms with E-state index in [1.807, 2.05) is 48.3 Å². The minimum absolute atomic E-state index is 0.218. The van der Waals surface area contributed by atoms with Gasteiger partial charge in [0.25, 0.3) is 0 Å². The summed E-state index contributed by atoms with van der Waals surface area (Å²) in [6.45, 7) is 0. The molecule has 2 heterocycles. The van der Waals surface area contributed by atoms with Crippen LogP contribution in [0.2, 0.25) is 0 Å². The van der Waals surface area contributed by atoms with Gasteiger partial charge in [0.2, 0.25) is 0 Å². The first-order valence-corrected chi connectivity index (χ1v) is 10.1. The molecule has 5 nitrogen and oxygen atoms in total. The van der Waals surface area contributed by atoms with Crippen molar-refractivity contribution in [3.8, 4) is 16.9 Å². The number of nitrogens with zero attached hydrogens (tertiary/aromatic N) is 2. The minimum atomic E-state index is -0.943. The van der Waals surface area contributed by atoms with Crippen molar-refractivity contribution in [1.29, 1.82) is 0 Å². The first-order chi connectivity index (χ1) is 14.5. The van der Waals surface area contributed by atoms with Crippen molar-refractivity contribution < 1.29 is 15.0 Å². The fourth-order valence-corrected chi connectivity index (χ4v) is 4.18. The number of aromatic hydroxyl groups is 1. The van der Waals surface area contributed by atoms with Gasteiger partial charge in [-0.1, -0.05) is 18.2 Å². The highest BCUT2D eigenvalue weighted by molar-refractivity contribution is 5.97. The number of hydrogen-bond acceptors (Lipinski definition) is 3. The Balaban J connectivity index is 1.63. The Morgan fingerprint density at radius 1 is 1.13 bits per heavy atom. The predicted molar refractivity (Wildman–Crippen MR) is 116 cm³/mol. The van der Waals surface area contributed by atoms with Gasteiger partial charge in [-0.25, -0.2) is 4.79 Å². The first-order valence-electron chi connectivity index (χ1n) is 10.1. The number of benzene rings is 2. The van der Waals surface area contributed by atoms with E-state index < -0.39 is 5.97 Å². The maximum atomic E-state index is 11.9. The molecular formula is C25H22N2O3. The molecule has 30 heavy (non-hydrogen) atoms. The number of carboxylic acids is 1. The highest BCUT2D eigenvalue weighted by Gasteiger charge is 2.26. The lowest BCUT2D eigenvalue weighted by Gasteiger charge is -2.13. The molecule has 5 rings (SSSR count). The molecule has 0 atom stereocenters. The van der Waals surface area contributed by atoms with Gasteiger partial charge in [-0.05, 0) is 60.2 Å². The molecule has 4 aromatic rings. The molecule has 1 aliphatic carbocycles. The van der Waals surface area contributed by atoms with Crippen LogP contribution in [0.5, 0.6) is 5.75 Å². The number of pyridine rings is 1. The monoisotopic (exact) mass is 398 g/mol. The number of para-hydroxylation sites is 1. The van der Waals surface area contributed by atoms with Crippen LogP contribution >= 0.6 is 0 Å². The van der Waals surface area contributed by atoms with Crippen molar-refractivity contribution in [3.05, 3.63) is 83.3 Å². The van der Waals surface area contributed by atoms with E-state index in [0.717, 1.165) is 46.0 Å². The van der Waals surface area contributed by atoms with Crippen molar-refractivity contribution in [2.24, 2.45) is 7.05 Å². The molecule has 150 valence electrons. The molecule has 0 spiro atoms. The molecule has 0 unspecified atom stereocenters. The van der Waals surface area contributed by atoms with Crippen LogP contribution in [0.25, 0.3) is 22.0 Å². The van der Waals surface area contributed by atoms with Crippen molar-refractivity contribution in [2.75, 3.05) is 0 Å². The summed E-state index contributed by atoms with van der Waals surface area (Å²) in [5.41, 5.74) is 5.50.